The van der Waals surface area contributed by atoms with Crippen LogP contribution in [0.15, 0.2) is 18.2 Å². The number of phenols is 2. The van der Waals surface area contributed by atoms with E-state index in [-0.39, 0.29) is 29.0 Å². The smallest absolute Gasteiger partial charge is 0.257 e. The van der Waals surface area contributed by atoms with E-state index in [9.17, 15) is 15.0 Å². The van der Waals surface area contributed by atoms with Crippen LogP contribution < -0.4 is 5.73 Å². The fourth-order valence-corrected chi connectivity index (χ4v) is 2.07. The molecule has 4 N–H and O–H groups in total. The maximum atomic E-state index is 12.1. The van der Waals surface area contributed by atoms with Gasteiger partial charge in [0.05, 0.1) is 5.56 Å². The van der Waals surface area contributed by atoms with Gasteiger partial charge < -0.3 is 20.8 Å². The summed E-state index contributed by atoms with van der Waals surface area (Å²) in [5, 5.41) is 19.0. The lowest BCUT2D eigenvalue weighted by atomic mass is 10.0. The molecule has 0 saturated carbocycles. The van der Waals surface area contributed by atoms with E-state index in [0.29, 0.717) is 13.1 Å². The molecular formula is C12H16N2O3. The fraction of sp³-hybridized carbons (Fsp3) is 0.417. The first-order chi connectivity index (χ1) is 8.09. The number of carbonyl (C=O) groups excluding carboxylic acids is 1. The van der Waals surface area contributed by atoms with E-state index in [1.807, 2.05) is 0 Å². The normalized spacial score (nSPS) is 20.3. The number of benzene rings is 1. The Morgan fingerprint density at radius 1 is 1.41 bits per heavy atom. The highest BCUT2D eigenvalue weighted by atomic mass is 16.3. The molecule has 0 aliphatic carbocycles. The van der Waals surface area contributed by atoms with Gasteiger partial charge in [0.1, 0.15) is 0 Å². The van der Waals surface area contributed by atoms with Gasteiger partial charge in [0.25, 0.3) is 5.91 Å². The minimum atomic E-state index is -0.364. The number of hydrogen-bond donors (Lipinski definition) is 3. The summed E-state index contributed by atoms with van der Waals surface area (Å²) in [7, 11) is 0. The van der Waals surface area contributed by atoms with E-state index in [2.05, 4.69) is 0 Å². The Bertz CT molecular complexity index is 434. The van der Waals surface area contributed by atoms with Gasteiger partial charge >= 0.3 is 0 Å². The summed E-state index contributed by atoms with van der Waals surface area (Å²) in [6.45, 7) is 1.13. The number of nitrogens with zero attached hydrogens (tertiary/aromatic N) is 1. The molecule has 5 heteroatoms. The second kappa shape index (κ2) is 4.63. The van der Waals surface area contributed by atoms with Crippen molar-refractivity contribution in [2.75, 3.05) is 13.1 Å². The standard InChI is InChI=1S/C12H16N2O3/c13-8-3-2-6-14(7-8)12(17)9-4-1-5-10(15)11(9)16/h1,4-5,8,15-16H,2-3,6-7,13H2/t8-/m1/s1. The summed E-state index contributed by atoms with van der Waals surface area (Å²) < 4.78 is 0. The zero-order valence-corrected chi connectivity index (χ0v) is 9.47. The van der Waals surface area contributed by atoms with Gasteiger partial charge in [-0.25, -0.2) is 0 Å². The van der Waals surface area contributed by atoms with Crippen LogP contribution >= 0.6 is 0 Å². The molecule has 1 saturated heterocycles. The molecule has 5 nitrogen and oxygen atoms in total. The van der Waals surface area contributed by atoms with Crippen LogP contribution in [0.5, 0.6) is 11.5 Å². The lowest BCUT2D eigenvalue weighted by Gasteiger charge is -2.31. The first-order valence-electron chi connectivity index (χ1n) is 5.65. The molecule has 1 fully saturated rings. The van der Waals surface area contributed by atoms with Crippen molar-refractivity contribution in [2.24, 2.45) is 5.73 Å². The molecule has 1 atom stereocenters. The van der Waals surface area contributed by atoms with Crippen molar-refractivity contribution in [1.82, 2.24) is 4.90 Å². The topological polar surface area (TPSA) is 86.8 Å². The highest BCUT2D eigenvalue weighted by Gasteiger charge is 2.24. The lowest BCUT2D eigenvalue weighted by molar-refractivity contribution is 0.0705. The first kappa shape index (κ1) is 11.7. The van der Waals surface area contributed by atoms with E-state index in [1.165, 1.54) is 18.2 Å². The van der Waals surface area contributed by atoms with Gasteiger partial charge in [0, 0.05) is 19.1 Å². The Kier molecular flexibility index (Phi) is 3.19. The fourth-order valence-electron chi connectivity index (χ4n) is 2.07. The van der Waals surface area contributed by atoms with Crippen molar-refractivity contribution >= 4 is 5.91 Å². The van der Waals surface area contributed by atoms with E-state index < -0.39 is 0 Å². The molecule has 0 radical (unpaired) electrons. The summed E-state index contributed by atoms with van der Waals surface area (Å²) in [5.41, 5.74) is 5.93. The number of nitrogens with two attached hydrogens (primary N) is 1. The minimum absolute atomic E-state index is 0.00727. The predicted octanol–water partition coefficient (Wildman–Crippen LogP) is 0.661. The molecule has 1 amide bonds. The molecular weight excluding hydrogens is 220 g/mol. The quantitative estimate of drug-likeness (QED) is 0.625. The molecule has 0 bridgehead atoms. The Morgan fingerprint density at radius 2 is 2.18 bits per heavy atom. The van der Waals surface area contributed by atoms with Crippen molar-refractivity contribution in [3.05, 3.63) is 23.8 Å². The summed E-state index contributed by atoms with van der Waals surface area (Å²) >= 11 is 0. The Balaban J connectivity index is 2.22. The third-order valence-electron chi connectivity index (χ3n) is 2.99. The third-order valence-corrected chi connectivity index (χ3v) is 2.99. The van der Waals surface area contributed by atoms with Crippen LogP contribution in [-0.2, 0) is 0 Å². The highest BCUT2D eigenvalue weighted by Crippen LogP contribution is 2.29. The second-order valence-corrected chi connectivity index (χ2v) is 4.33. The number of carbonyl (C=O) groups is 1. The zero-order valence-electron chi connectivity index (χ0n) is 9.47. The molecule has 1 aliphatic rings. The van der Waals surface area contributed by atoms with E-state index in [1.54, 1.807) is 4.90 Å². The van der Waals surface area contributed by atoms with Crippen LogP contribution in [0.3, 0.4) is 0 Å². The molecule has 1 aromatic rings. The van der Waals surface area contributed by atoms with Gasteiger partial charge in [-0.15, -0.1) is 0 Å². The van der Waals surface area contributed by atoms with Gasteiger partial charge in [-0.05, 0) is 25.0 Å². The maximum absolute atomic E-state index is 12.1. The summed E-state index contributed by atoms with van der Waals surface area (Å²) in [5.74, 6) is -0.928. The summed E-state index contributed by atoms with van der Waals surface area (Å²) in [6.07, 6.45) is 1.78. The molecule has 0 spiro atoms. The Morgan fingerprint density at radius 3 is 2.88 bits per heavy atom. The highest BCUT2D eigenvalue weighted by molar-refractivity contribution is 5.97. The first-order valence-corrected chi connectivity index (χ1v) is 5.65. The van der Waals surface area contributed by atoms with Gasteiger partial charge in [-0.1, -0.05) is 6.07 Å². The van der Waals surface area contributed by atoms with Gasteiger partial charge in [-0.2, -0.15) is 0 Å². The molecule has 0 unspecified atom stereocenters. The van der Waals surface area contributed by atoms with E-state index in [4.69, 9.17) is 5.73 Å². The molecule has 1 aliphatic heterocycles. The molecule has 17 heavy (non-hydrogen) atoms. The molecule has 92 valence electrons. The van der Waals surface area contributed by atoms with Crippen molar-refractivity contribution in [3.8, 4) is 11.5 Å². The minimum Gasteiger partial charge on any atom is -0.504 e. The van der Waals surface area contributed by atoms with Crippen LogP contribution in [0.25, 0.3) is 0 Å². The van der Waals surface area contributed by atoms with Crippen molar-refractivity contribution < 1.29 is 15.0 Å². The largest absolute Gasteiger partial charge is 0.504 e. The SMILES string of the molecule is N[C@@H]1CCCN(C(=O)c2cccc(O)c2O)C1. The average Bonchev–Trinajstić information content (AvgIpc) is 2.32. The van der Waals surface area contributed by atoms with Gasteiger partial charge in [0.2, 0.25) is 0 Å². The van der Waals surface area contributed by atoms with Crippen LogP contribution in [0.2, 0.25) is 0 Å². The maximum Gasteiger partial charge on any atom is 0.257 e. The second-order valence-electron chi connectivity index (χ2n) is 4.33. The average molecular weight is 236 g/mol. The van der Waals surface area contributed by atoms with Crippen LogP contribution in [0.1, 0.15) is 23.2 Å². The number of rotatable bonds is 1. The van der Waals surface area contributed by atoms with Crippen molar-refractivity contribution in [3.63, 3.8) is 0 Å². The van der Waals surface area contributed by atoms with Gasteiger partial charge in [0.15, 0.2) is 11.5 Å². The van der Waals surface area contributed by atoms with Crippen LogP contribution in [-0.4, -0.2) is 40.2 Å². The number of para-hydroxylation sites is 1. The lowest BCUT2D eigenvalue weighted by Crippen LogP contribution is -2.45. The number of likely N-dealkylation sites (tertiary alicyclic amines) is 1. The summed E-state index contributed by atoms with van der Waals surface area (Å²) in [4.78, 5) is 13.7. The van der Waals surface area contributed by atoms with Crippen molar-refractivity contribution in [2.45, 2.75) is 18.9 Å². The number of phenolic OH excluding ortho intramolecular Hbond substituents is 2. The number of piperidine rings is 1. The Labute approximate surface area is 99.5 Å². The predicted molar refractivity (Wildman–Crippen MR) is 62.9 cm³/mol. The van der Waals surface area contributed by atoms with Gasteiger partial charge in [-0.3, -0.25) is 4.79 Å². The van der Waals surface area contributed by atoms with Crippen molar-refractivity contribution in [1.29, 1.82) is 0 Å². The number of aromatic hydroxyl groups is 2. The third kappa shape index (κ3) is 2.34. The number of hydrogen-bond acceptors (Lipinski definition) is 4. The monoisotopic (exact) mass is 236 g/mol. The zero-order chi connectivity index (χ0) is 12.4. The Hall–Kier alpha value is -1.75. The van der Waals surface area contributed by atoms with E-state index >= 15 is 0 Å². The number of amides is 1. The molecule has 1 heterocycles. The molecule has 2 rings (SSSR count). The van der Waals surface area contributed by atoms with E-state index in [0.717, 1.165) is 12.8 Å². The van der Waals surface area contributed by atoms with Crippen LogP contribution in [0, 0.1) is 0 Å². The summed E-state index contributed by atoms with van der Waals surface area (Å²) in [6, 6.07) is 4.37. The molecule has 1 aromatic carbocycles. The molecule has 0 aromatic heterocycles. The van der Waals surface area contributed by atoms with Crippen LogP contribution in [0.4, 0.5) is 0 Å².